The van der Waals surface area contributed by atoms with E-state index in [2.05, 4.69) is 0 Å². The third kappa shape index (κ3) is 4.54. The summed E-state index contributed by atoms with van der Waals surface area (Å²) in [4.78, 5) is 14.9. The number of hydrogen-bond acceptors (Lipinski definition) is 2. The van der Waals surface area contributed by atoms with Gasteiger partial charge in [-0.05, 0) is 18.1 Å². The first-order valence-electron chi connectivity index (χ1n) is 7.92. The number of likely N-dealkylation sites (N-methyl/N-ethyl adjacent to an activating group) is 1. The second-order valence-electron chi connectivity index (χ2n) is 5.29. The van der Waals surface area contributed by atoms with Gasteiger partial charge in [0.15, 0.2) is 0 Å². The van der Waals surface area contributed by atoms with Gasteiger partial charge in [-0.1, -0.05) is 72.8 Å². The van der Waals surface area contributed by atoms with Crippen molar-refractivity contribution >= 4 is 5.91 Å². The topological polar surface area (TPSA) is 40.5 Å². The first kappa shape index (κ1) is 17.0. The average molecular weight is 309 g/mol. The van der Waals surface area contributed by atoms with Crippen LogP contribution in [0.4, 0.5) is 0 Å². The number of nitrogens with zero attached hydrogens (tertiary/aromatic N) is 1. The minimum atomic E-state index is -0.306. The highest BCUT2D eigenvalue weighted by atomic mass is 16.2. The monoisotopic (exact) mass is 309 g/mol. The molecule has 0 aliphatic heterocycles. The maximum atomic E-state index is 13.1. The highest BCUT2D eigenvalue weighted by Crippen LogP contribution is 2.26. The zero-order valence-electron chi connectivity index (χ0n) is 13.4. The lowest BCUT2D eigenvalue weighted by molar-refractivity contribution is -0.131. The number of hydrogen-bond donors (Lipinski definition) is 1. The van der Waals surface area contributed by atoms with E-state index in [1.54, 1.807) is 11.0 Å². The fourth-order valence-corrected chi connectivity index (χ4v) is 2.60. The lowest BCUT2D eigenvalue weighted by atomic mass is 9.90. The summed E-state index contributed by atoms with van der Waals surface area (Å²) in [5, 5.41) is 8.87. The lowest BCUT2D eigenvalue weighted by Gasteiger charge is -2.26. The molecule has 0 bridgehead atoms. The number of rotatable bonds is 7. The van der Waals surface area contributed by atoms with Gasteiger partial charge in [0.05, 0.1) is 12.5 Å². The van der Waals surface area contributed by atoms with E-state index in [1.165, 1.54) is 0 Å². The molecule has 2 aromatic carbocycles. The highest BCUT2D eigenvalue weighted by Gasteiger charge is 2.26. The normalized spacial score (nSPS) is 11.1. The molecular formula is C20H23NO2. The number of amides is 1. The summed E-state index contributed by atoms with van der Waals surface area (Å²) in [5.74, 6) is -0.229. The fraction of sp³-hybridized carbons (Fsp3) is 0.250. The summed E-state index contributed by atoms with van der Waals surface area (Å²) in [6.07, 6.45) is 3.49. The van der Waals surface area contributed by atoms with Crippen molar-refractivity contribution < 1.29 is 9.90 Å². The summed E-state index contributed by atoms with van der Waals surface area (Å²) in [7, 11) is 0. The van der Waals surface area contributed by atoms with E-state index < -0.39 is 0 Å². The Morgan fingerprint density at radius 3 is 1.96 bits per heavy atom. The molecule has 1 N–H and O–H groups in total. The first-order valence-corrected chi connectivity index (χ1v) is 7.92. The molecular weight excluding hydrogens is 286 g/mol. The van der Waals surface area contributed by atoms with Crippen molar-refractivity contribution in [2.45, 2.75) is 12.8 Å². The van der Waals surface area contributed by atoms with Gasteiger partial charge in [0.1, 0.15) is 0 Å². The molecule has 0 radical (unpaired) electrons. The second kappa shape index (κ2) is 8.91. The van der Waals surface area contributed by atoms with Gasteiger partial charge in [0.25, 0.3) is 0 Å². The van der Waals surface area contributed by atoms with Gasteiger partial charge in [-0.3, -0.25) is 4.79 Å². The molecule has 1 amide bonds. The van der Waals surface area contributed by atoms with E-state index in [0.717, 1.165) is 11.1 Å². The Bertz CT molecular complexity index is 583. The molecule has 2 rings (SSSR count). The van der Waals surface area contributed by atoms with E-state index in [9.17, 15) is 4.79 Å². The van der Waals surface area contributed by atoms with Crippen LogP contribution in [-0.4, -0.2) is 35.6 Å². The van der Waals surface area contributed by atoms with Gasteiger partial charge in [-0.15, -0.1) is 0 Å². The maximum absolute atomic E-state index is 13.1. The van der Waals surface area contributed by atoms with Gasteiger partial charge in [0.2, 0.25) is 5.91 Å². The molecule has 0 aliphatic rings. The van der Waals surface area contributed by atoms with Crippen molar-refractivity contribution in [3.8, 4) is 0 Å². The van der Waals surface area contributed by atoms with E-state index >= 15 is 0 Å². The van der Waals surface area contributed by atoms with Crippen LogP contribution >= 0.6 is 0 Å². The van der Waals surface area contributed by atoms with Crippen molar-refractivity contribution in [2.24, 2.45) is 0 Å². The van der Waals surface area contributed by atoms with Crippen LogP contribution in [0.1, 0.15) is 24.0 Å². The van der Waals surface area contributed by atoms with Gasteiger partial charge in [-0.2, -0.15) is 0 Å². The maximum Gasteiger partial charge on any atom is 0.234 e. The fourth-order valence-electron chi connectivity index (χ4n) is 2.60. The molecule has 0 atom stereocenters. The summed E-state index contributed by atoms with van der Waals surface area (Å²) in [6, 6.07) is 19.7. The summed E-state index contributed by atoms with van der Waals surface area (Å²) >= 11 is 0. The molecule has 0 saturated carbocycles. The zero-order valence-corrected chi connectivity index (χ0v) is 13.4. The van der Waals surface area contributed by atoms with Crippen LogP contribution in [0, 0.1) is 0 Å². The van der Waals surface area contributed by atoms with Crippen LogP contribution < -0.4 is 0 Å². The zero-order chi connectivity index (χ0) is 16.5. The molecule has 0 spiro atoms. The van der Waals surface area contributed by atoms with E-state index in [4.69, 9.17) is 5.11 Å². The molecule has 0 fully saturated rings. The smallest absolute Gasteiger partial charge is 0.234 e. The van der Waals surface area contributed by atoms with Crippen molar-refractivity contribution in [1.29, 1.82) is 0 Å². The Hall–Kier alpha value is -2.39. The van der Waals surface area contributed by atoms with Crippen LogP contribution in [0.25, 0.3) is 0 Å². The summed E-state index contributed by atoms with van der Waals surface area (Å²) in [6.45, 7) is 3.10. The Labute approximate surface area is 137 Å². The van der Waals surface area contributed by atoms with Gasteiger partial charge >= 0.3 is 0 Å². The SMILES string of the molecule is CCN(CC=CCO)C(=O)C(c1ccccc1)c1ccccc1. The van der Waals surface area contributed by atoms with Crippen molar-refractivity contribution in [1.82, 2.24) is 4.90 Å². The predicted molar refractivity (Wildman–Crippen MR) is 93.2 cm³/mol. The molecule has 2 aromatic rings. The molecule has 0 saturated heterocycles. The third-order valence-corrected chi connectivity index (χ3v) is 3.80. The minimum absolute atomic E-state index is 0.00740. The lowest BCUT2D eigenvalue weighted by Crippen LogP contribution is -2.35. The minimum Gasteiger partial charge on any atom is -0.392 e. The van der Waals surface area contributed by atoms with Crippen LogP contribution in [0.5, 0.6) is 0 Å². The number of carbonyl (C=O) groups is 1. The summed E-state index contributed by atoms with van der Waals surface area (Å²) < 4.78 is 0. The molecule has 23 heavy (non-hydrogen) atoms. The van der Waals surface area contributed by atoms with Gasteiger partial charge in [0, 0.05) is 13.1 Å². The quantitative estimate of drug-likeness (QED) is 0.798. The van der Waals surface area contributed by atoms with Crippen LogP contribution in [-0.2, 0) is 4.79 Å². The highest BCUT2D eigenvalue weighted by molar-refractivity contribution is 5.87. The number of aliphatic hydroxyl groups is 1. The molecule has 0 unspecified atom stereocenters. The van der Waals surface area contributed by atoms with E-state index in [1.807, 2.05) is 73.7 Å². The van der Waals surface area contributed by atoms with Crippen molar-refractivity contribution in [3.05, 3.63) is 83.9 Å². The van der Waals surface area contributed by atoms with Crippen molar-refractivity contribution in [2.75, 3.05) is 19.7 Å². The van der Waals surface area contributed by atoms with Crippen LogP contribution in [0.15, 0.2) is 72.8 Å². The van der Waals surface area contributed by atoms with Crippen LogP contribution in [0.3, 0.4) is 0 Å². The van der Waals surface area contributed by atoms with Gasteiger partial charge < -0.3 is 10.0 Å². The van der Waals surface area contributed by atoms with Crippen LogP contribution in [0.2, 0.25) is 0 Å². The molecule has 0 heterocycles. The number of carbonyl (C=O) groups excluding carboxylic acids is 1. The Morgan fingerprint density at radius 1 is 1.00 bits per heavy atom. The Balaban J connectivity index is 2.33. The van der Waals surface area contributed by atoms with Crippen molar-refractivity contribution in [3.63, 3.8) is 0 Å². The molecule has 0 aliphatic carbocycles. The largest absolute Gasteiger partial charge is 0.392 e. The predicted octanol–water partition coefficient (Wildman–Crippen LogP) is 3.22. The van der Waals surface area contributed by atoms with Gasteiger partial charge in [-0.25, -0.2) is 0 Å². The standard InChI is InChI=1S/C20H23NO2/c1-2-21(15-9-10-16-22)20(23)19(17-11-5-3-6-12-17)18-13-7-4-8-14-18/h3-14,19,22H,2,15-16H2,1H3. The number of aliphatic hydroxyl groups excluding tert-OH is 1. The molecule has 120 valence electrons. The van der Waals surface area contributed by atoms with E-state index in [0.29, 0.717) is 13.1 Å². The first-order chi connectivity index (χ1) is 11.3. The Kier molecular flexibility index (Phi) is 6.57. The third-order valence-electron chi connectivity index (χ3n) is 3.80. The molecule has 0 aromatic heterocycles. The molecule has 3 heteroatoms. The average Bonchev–Trinajstić information content (AvgIpc) is 2.61. The molecule has 3 nitrogen and oxygen atoms in total. The van der Waals surface area contributed by atoms with E-state index in [-0.39, 0.29) is 18.4 Å². The number of benzene rings is 2. The summed E-state index contributed by atoms with van der Waals surface area (Å²) in [5.41, 5.74) is 1.99. The second-order valence-corrected chi connectivity index (χ2v) is 5.29. The Morgan fingerprint density at radius 2 is 1.52 bits per heavy atom.